The number of carbonyl (C=O) groups is 1. The first kappa shape index (κ1) is 26.7. The molecule has 0 aromatic carbocycles. The lowest BCUT2D eigenvalue weighted by atomic mass is 9.41. The van der Waals surface area contributed by atoms with E-state index in [-0.39, 0.29) is 0 Å². The van der Waals surface area contributed by atoms with Gasteiger partial charge in [-0.3, -0.25) is 4.79 Å². The molecule has 3 heteroatoms. The van der Waals surface area contributed by atoms with Crippen LogP contribution in [0, 0.1) is 5.41 Å². The van der Waals surface area contributed by atoms with E-state index in [1.54, 1.807) is 0 Å². The van der Waals surface area contributed by atoms with Crippen molar-refractivity contribution in [1.29, 1.82) is 0 Å². The highest BCUT2D eigenvalue weighted by Gasteiger charge is 2.68. The van der Waals surface area contributed by atoms with Gasteiger partial charge in [0, 0.05) is 6.42 Å². The number of hydrogen-bond acceptors (Lipinski definition) is 1. The average molecular weight is 439 g/mol. The first-order valence-electron chi connectivity index (χ1n) is 13.9. The van der Waals surface area contributed by atoms with Crippen molar-refractivity contribution in [2.75, 3.05) is 0 Å². The van der Waals surface area contributed by atoms with Crippen LogP contribution in [0.25, 0.3) is 0 Å². The minimum atomic E-state index is -0.701. The Kier molecular flexibility index (Phi) is 13.1. The van der Waals surface area contributed by atoms with Crippen LogP contribution in [0.3, 0.4) is 0 Å². The summed E-state index contributed by atoms with van der Waals surface area (Å²) in [7, 11) is 0. The first-order valence-corrected chi connectivity index (χ1v) is 13.9. The largest absolute Gasteiger partial charge is 0.481 e. The van der Waals surface area contributed by atoms with E-state index in [0.717, 1.165) is 32.1 Å². The number of carboxylic acids is 1. The molecule has 0 aromatic rings. The second-order valence-corrected chi connectivity index (χ2v) is 11.1. The molecule has 0 aromatic heterocycles. The molecule has 0 aliphatic heterocycles. The molecule has 182 valence electrons. The van der Waals surface area contributed by atoms with Crippen molar-refractivity contribution >= 4 is 5.97 Å². The minimum Gasteiger partial charge on any atom is -0.481 e. The Morgan fingerprint density at radius 1 is 0.548 bits per heavy atom. The lowest BCUT2D eigenvalue weighted by molar-refractivity contribution is -0.217. The molecule has 0 saturated heterocycles. The summed E-state index contributed by atoms with van der Waals surface area (Å²) in [6.45, 7) is 0. The van der Waals surface area contributed by atoms with E-state index in [2.05, 4.69) is 0 Å². The highest BCUT2D eigenvalue weighted by molar-refractivity contribution is 5.66. The number of halogens is 1. The van der Waals surface area contributed by atoms with Crippen LogP contribution in [-0.4, -0.2) is 16.7 Å². The maximum atomic E-state index is 13.5. The van der Waals surface area contributed by atoms with Gasteiger partial charge in [0.15, 0.2) is 0 Å². The van der Waals surface area contributed by atoms with E-state index < -0.39 is 11.6 Å². The maximum absolute atomic E-state index is 13.5. The summed E-state index contributed by atoms with van der Waals surface area (Å²) in [5, 5.41) is 8.60. The van der Waals surface area contributed by atoms with Crippen molar-refractivity contribution in [1.82, 2.24) is 0 Å². The number of alkyl halides is 1. The van der Waals surface area contributed by atoms with Gasteiger partial charge in [-0.15, -0.1) is 0 Å². The molecule has 3 fully saturated rings. The smallest absolute Gasteiger partial charge is 0.303 e. The zero-order chi connectivity index (χ0) is 22.3. The first-order chi connectivity index (χ1) is 15.0. The predicted molar refractivity (Wildman–Crippen MR) is 129 cm³/mol. The molecule has 0 amide bonds. The highest BCUT2D eigenvalue weighted by Crippen LogP contribution is 2.71. The van der Waals surface area contributed by atoms with Crippen molar-refractivity contribution in [2.24, 2.45) is 5.41 Å². The third-order valence-corrected chi connectivity index (χ3v) is 7.92. The third kappa shape index (κ3) is 11.7. The summed E-state index contributed by atoms with van der Waals surface area (Å²) in [5.74, 6) is -0.656. The Labute approximate surface area is 192 Å². The number of aliphatic carboxylic acids is 1. The zero-order valence-corrected chi connectivity index (χ0v) is 20.4. The van der Waals surface area contributed by atoms with Gasteiger partial charge in [-0.2, -0.15) is 0 Å². The molecule has 2 nitrogen and oxygen atoms in total. The summed E-state index contributed by atoms with van der Waals surface area (Å²) >= 11 is 0. The van der Waals surface area contributed by atoms with Crippen molar-refractivity contribution < 1.29 is 14.3 Å². The van der Waals surface area contributed by atoms with E-state index in [1.165, 1.54) is 122 Å². The monoisotopic (exact) mass is 438 g/mol. The topological polar surface area (TPSA) is 37.3 Å². The van der Waals surface area contributed by atoms with Crippen LogP contribution in [0.2, 0.25) is 0 Å². The van der Waals surface area contributed by atoms with Crippen LogP contribution in [0.4, 0.5) is 4.39 Å². The molecule has 2 bridgehead atoms. The molecule has 0 heterocycles. The molecule has 3 rings (SSSR count). The van der Waals surface area contributed by atoms with Crippen LogP contribution < -0.4 is 0 Å². The van der Waals surface area contributed by atoms with Gasteiger partial charge in [0.05, 0.1) is 0 Å². The van der Waals surface area contributed by atoms with Gasteiger partial charge < -0.3 is 5.11 Å². The van der Waals surface area contributed by atoms with E-state index in [1.807, 2.05) is 0 Å². The highest BCUT2D eigenvalue weighted by atomic mass is 19.1. The lowest BCUT2D eigenvalue weighted by Crippen LogP contribution is -2.64. The molecule has 3 saturated carbocycles. The van der Waals surface area contributed by atoms with E-state index >= 15 is 0 Å². The number of hydrogen-bond donors (Lipinski definition) is 1. The molecular weight excluding hydrogens is 387 g/mol. The normalized spacial score (nSPS) is 24.0. The minimum absolute atomic E-state index is 0.338. The quantitative estimate of drug-likeness (QED) is 0.161. The van der Waals surface area contributed by atoms with Gasteiger partial charge in [-0.1, -0.05) is 122 Å². The van der Waals surface area contributed by atoms with Gasteiger partial charge in [-0.05, 0) is 37.5 Å². The molecule has 0 atom stereocenters. The van der Waals surface area contributed by atoms with Gasteiger partial charge in [-0.25, -0.2) is 4.39 Å². The molecule has 0 unspecified atom stereocenters. The standard InChI is InChI=1S/C28H51FO2/c29-28-23-27(24-28,25-28)22-20-18-16-14-12-10-8-6-4-2-1-3-5-7-9-11-13-15-17-19-21-26(30)31/h1-25H2,(H,30,31). The fourth-order valence-electron chi connectivity index (χ4n) is 6.08. The van der Waals surface area contributed by atoms with Gasteiger partial charge in [0.1, 0.15) is 5.67 Å². The number of unbranched alkanes of at least 4 members (excludes halogenated alkanes) is 19. The average Bonchev–Trinajstić information content (AvgIpc) is 2.69. The molecule has 3 aliphatic rings. The Balaban J connectivity index is 1.16. The summed E-state index contributed by atoms with van der Waals surface area (Å²) in [6, 6.07) is 0. The van der Waals surface area contributed by atoms with E-state index in [0.29, 0.717) is 11.8 Å². The number of carboxylic acid groups (broad SMARTS) is 1. The SMILES string of the molecule is O=C(O)CCCCCCCCCCCCCCCCCCCCCCC12CC(F)(C1)C2. The van der Waals surface area contributed by atoms with E-state index in [9.17, 15) is 9.18 Å². The molecule has 1 N–H and O–H groups in total. The summed E-state index contributed by atoms with van der Waals surface area (Å²) in [5.41, 5.74) is -0.229. The second kappa shape index (κ2) is 15.3. The van der Waals surface area contributed by atoms with Crippen molar-refractivity contribution in [3.8, 4) is 0 Å². The third-order valence-electron chi connectivity index (χ3n) is 7.92. The Bertz CT molecular complexity index is 456. The van der Waals surface area contributed by atoms with Gasteiger partial charge in [0.2, 0.25) is 0 Å². The van der Waals surface area contributed by atoms with Crippen LogP contribution in [0.5, 0.6) is 0 Å². The summed E-state index contributed by atoms with van der Waals surface area (Å²) in [6.07, 6.45) is 31.0. The zero-order valence-electron chi connectivity index (χ0n) is 20.4. The molecule has 31 heavy (non-hydrogen) atoms. The van der Waals surface area contributed by atoms with Crippen LogP contribution in [0.15, 0.2) is 0 Å². The molecule has 3 aliphatic carbocycles. The van der Waals surface area contributed by atoms with Crippen molar-refractivity contribution in [3.63, 3.8) is 0 Å². The van der Waals surface area contributed by atoms with E-state index in [4.69, 9.17) is 5.11 Å². The lowest BCUT2D eigenvalue weighted by Gasteiger charge is -2.66. The van der Waals surface area contributed by atoms with Gasteiger partial charge >= 0.3 is 5.97 Å². The van der Waals surface area contributed by atoms with Crippen LogP contribution in [0.1, 0.15) is 161 Å². The Hall–Kier alpha value is -0.600. The van der Waals surface area contributed by atoms with Crippen LogP contribution in [-0.2, 0) is 4.79 Å². The summed E-state index contributed by atoms with van der Waals surface area (Å²) < 4.78 is 13.5. The van der Waals surface area contributed by atoms with Gasteiger partial charge in [0.25, 0.3) is 0 Å². The molecular formula is C28H51FO2. The summed E-state index contributed by atoms with van der Waals surface area (Å²) in [4.78, 5) is 10.4. The fourth-order valence-corrected chi connectivity index (χ4v) is 6.08. The number of rotatable bonds is 23. The molecule has 0 radical (unpaired) electrons. The van der Waals surface area contributed by atoms with Crippen molar-refractivity contribution in [3.05, 3.63) is 0 Å². The fraction of sp³-hybridized carbons (Fsp3) is 0.964. The maximum Gasteiger partial charge on any atom is 0.303 e. The van der Waals surface area contributed by atoms with Crippen molar-refractivity contribution in [2.45, 2.75) is 166 Å². The Morgan fingerprint density at radius 2 is 0.839 bits per heavy atom. The molecule has 0 spiro atoms. The predicted octanol–water partition coefficient (Wildman–Crippen LogP) is 9.55. The Morgan fingerprint density at radius 3 is 1.13 bits per heavy atom. The second-order valence-electron chi connectivity index (χ2n) is 11.1. The van der Waals surface area contributed by atoms with Crippen LogP contribution >= 0.6 is 0 Å².